The Morgan fingerprint density at radius 3 is 2.42 bits per heavy atom. The van der Waals surface area contributed by atoms with Crippen LogP contribution >= 0.6 is 23.2 Å². The molecule has 0 radical (unpaired) electrons. The molecule has 0 N–H and O–H groups in total. The number of ether oxygens (including phenoxy) is 1. The number of pyridine rings is 1. The zero-order chi connectivity index (χ0) is 14.0. The molecular formula is C12H6Cl2F3NO. The van der Waals surface area contributed by atoms with Crippen LogP contribution < -0.4 is 4.74 Å². The van der Waals surface area contributed by atoms with Crippen molar-refractivity contribution in [2.24, 2.45) is 0 Å². The minimum absolute atomic E-state index is 0.179. The molecule has 0 spiro atoms. The monoisotopic (exact) mass is 307 g/mol. The molecule has 1 heterocycles. The summed E-state index contributed by atoms with van der Waals surface area (Å²) in [5, 5.41) is 0.584. The highest BCUT2D eigenvalue weighted by molar-refractivity contribution is 6.35. The molecule has 7 heteroatoms. The maximum Gasteiger partial charge on any atom is 0.416 e. The van der Waals surface area contributed by atoms with E-state index in [4.69, 9.17) is 27.9 Å². The van der Waals surface area contributed by atoms with E-state index in [1.807, 2.05) is 0 Å². The normalized spacial score (nSPS) is 11.4. The van der Waals surface area contributed by atoms with Crippen molar-refractivity contribution in [3.8, 4) is 11.6 Å². The summed E-state index contributed by atoms with van der Waals surface area (Å²) in [5.74, 6) is -0.0167. The van der Waals surface area contributed by atoms with E-state index in [1.54, 1.807) is 0 Å². The fourth-order valence-corrected chi connectivity index (χ4v) is 1.76. The minimum Gasteiger partial charge on any atom is -0.437 e. The van der Waals surface area contributed by atoms with Crippen molar-refractivity contribution >= 4 is 23.2 Å². The molecule has 1 aromatic heterocycles. The molecule has 19 heavy (non-hydrogen) atoms. The van der Waals surface area contributed by atoms with Crippen LogP contribution in [-0.2, 0) is 6.18 Å². The van der Waals surface area contributed by atoms with E-state index >= 15 is 0 Å². The Hall–Kier alpha value is -1.46. The smallest absolute Gasteiger partial charge is 0.416 e. The van der Waals surface area contributed by atoms with Gasteiger partial charge in [-0.1, -0.05) is 23.2 Å². The van der Waals surface area contributed by atoms with Gasteiger partial charge in [0.15, 0.2) is 0 Å². The van der Waals surface area contributed by atoms with Gasteiger partial charge in [-0.05, 0) is 24.3 Å². The van der Waals surface area contributed by atoms with Crippen molar-refractivity contribution in [1.82, 2.24) is 4.98 Å². The highest BCUT2D eigenvalue weighted by Crippen LogP contribution is 2.34. The zero-order valence-electron chi connectivity index (χ0n) is 9.21. The fourth-order valence-electron chi connectivity index (χ4n) is 1.31. The average Bonchev–Trinajstić information content (AvgIpc) is 2.32. The molecule has 0 bridgehead atoms. The van der Waals surface area contributed by atoms with Gasteiger partial charge in [0, 0.05) is 17.3 Å². The summed E-state index contributed by atoms with van der Waals surface area (Å²) in [7, 11) is 0. The van der Waals surface area contributed by atoms with Crippen LogP contribution in [0.1, 0.15) is 5.56 Å². The third kappa shape index (κ3) is 3.52. The Morgan fingerprint density at radius 2 is 1.79 bits per heavy atom. The van der Waals surface area contributed by atoms with Crippen LogP contribution in [0.2, 0.25) is 10.0 Å². The topological polar surface area (TPSA) is 22.1 Å². The van der Waals surface area contributed by atoms with Crippen LogP contribution in [0.25, 0.3) is 0 Å². The van der Waals surface area contributed by atoms with Crippen molar-refractivity contribution in [3.05, 3.63) is 52.1 Å². The predicted molar refractivity (Wildman–Crippen MR) is 65.8 cm³/mol. The maximum atomic E-state index is 12.5. The van der Waals surface area contributed by atoms with E-state index in [1.165, 1.54) is 18.2 Å². The number of benzene rings is 1. The quantitative estimate of drug-likeness (QED) is 0.760. The van der Waals surface area contributed by atoms with Crippen LogP contribution in [0.5, 0.6) is 11.6 Å². The Balaban J connectivity index is 2.29. The van der Waals surface area contributed by atoms with Gasteiger partial charge in [0.25, 0.3) is 0 Å². The lowest BCUT2D eigenvalue weighted by molar-refractivity contribution is -0.137. The summed E-state index contributed by atoms with van der Waals surface area (Å²) >= 11 is 11.6. The standard InChI is InChI=1S/C12H6Cl2F3NO/c13-8-1-2-10(9(14)6-8)19-11-5-7(3-4-18-11)12(15,16)17/h1-6H. The highest BCUT2D eigenvalue weighted by Gasteiger charge is 2.31. The van der Waals surface area contributed by atoms with Crippen molar-refractivity contribution in [1.29, 1.82) is 0 Å². The van der Waals surface area contributed by atoms with Gasteiger partial charge in [0.1, 0.15) is 5.75 Å². The molecule has 0 saturated heterocycles. The van der Waals surface area contributed by atoms with Gasteiger partial charge in [-0.3, -0.25) is 0 Å². The second kappa shape index (κ2) is 5.27. The Labute approximate surface area is 116 Å². The first-order valence-corrected chi connectivity index (χ1v) is 5.78. The van der Waals surface area contributed by atoms with E-state index in [9.17, 15) is 13.2 Å². The number of halogens is 5. The highest BCUT2D eigenvalue weighted by atomic mass is 35.5. The van der Waals surface area contributed by atoms with Gasteiger partial charge in [-0.2, -0.15) is 13.2 Å². The predicted octanol–water partition coefficient (Wildman–Crippen LogP) is 5.20. The fraction of sp³-hybridized carbons (Fsp3) is 0.0833. The maximum absolute atomic E-state index is 12.5. The van der Waals surface area contributed by atoms with Crippen LogP contribution in [0.4, 0.5) is 13.2 Å². The summed E-state index contributed by atoms with van der Waals surface area (Å²) in [6.45, 7) is 0. The lowest BCUT2D eigenvalue weighted by Gasteiger charge is -2.10. The number of rotatable bonds is 2. The molecule has 100 valence electrons. The summed E-state index contributed by atoms with van der Waals surface area (Å²) in [6.07, 6.45) is -3.44. The summed E-state index contributed by atoms with van der Waals surface area (Å²) in [6, 6.07) is 6.04. The number of hydrogen-bond acceptors (Lipinski definition) is 2. The van der Waals surface area contributed by atoms with E-state index in [2.05, 4.69) is 4.98 Å². The van der Waals surface area contributed by atoms with Crippen LogP contribution in [0.15, 0.2) is 36.5 Å². The Bertz CT molecular complexity index is 602. The molecule has 0 fully saturated rings. The third-order valence-electron chi connectivity index (χ3n) is 2.17. The molecule has 2 rings (SSSR count). The number of alkyl halides is 3. The molecule has 2 nitrogen and oxygen atoms in total. The van der Waals surface area contributed by atoms with Crippen molar-refractivity contribution in [2.75, 3.05) is 0 Å². The number of nitrogens with zero attached hydrogens (tertiary/aromatic N) is 1. The summed E-state index contributed by atoms with van der Waals surface area (Å²) in [4.78, 5) is 3.70. The molecule has 1 aromatic carbocycles. The van der Waals surface area contributed by atoms with Gasteiger partial charge in [-0.15, -0.1) is 0 Å². The third-order valence-corrected chi connectivity index (χ3v) is 2.70. The van der Waals surface area contributed by atoms with Gasteiger partial charge >= 0.3 is 6.18 Å². The number of hydrogen-bond donors (Lipinski definition) is 0. The van der Waals surface area contributed by atoms with Gasteiger partial charge in [0.05, 0.1) is 10.6 Å². The van der Waals surface area contributed by atoms with Crippen LogP contribution in [-0.4, -0.2) is 4.98 Å². The molecule has 2 aromatic rings. The molecule has 0 saturated carbocycles. The molecule has 0 atom stereocenters. The van der Waals surface area contributed by atoms with E-state index in [0.29, 0.717) is 5.02 Å². The zero-order valence-corrected chi connectivity index (χ0v) is 10.7. The summed E-state index contributed by atoms with van der Waals surface area (Å²) < 4.78 is 42.7. The van der Waals surface area contributed by atoms with E-state index < -0.39 is 11.7 Å². The molecule has 0 unspecified atom stereocenters. The largest absolute Gasteiger partial charge is 0.437 e. The minimum atomic E-state index is -4.45. The van der Waals surface area contributed by atoms with Gasteiger partial charge in [-0.25, -0.2) is 4.98 Å². The second-order valence-electron chi connectivity index (χ2n) is 3.56. The Morgan fingerprint density at radius 1 is 1.05 bits per heavy atom. The van der Waals surface area contributed by atoms with Crippen molar-refractivity contribution in [3.63, 3.8) is 0 Å². The van der Waals surface area contributed by atoms with Gasteiger partial charge < -0.3 is 4.74 Å². The first-order valence-electron chi connectivity index (χ1n) is 5.02. The van der Waals surface area contributed by atoms with Crippen LogP contribution in [0.3, 0.4) is 0 Å². The summed E-state index contributed by atoms with van der Waals surface area (Å²) in [5.41, 5.74) is -0.845. The van der Waals surface area contributed by atoms with E-state index in [-0.39, 0.29) is 16.7 Å². The number of aromatic nitrogens is 1. The van der Waals surface area contributed by atoms with Crippen LogP contribution in [0, 0.1) is 0 Å². The first kappa shape index (κ1) is 14.0. The Kier molecular flexibility index (Phi) is 3.87. The molecule has 0 aliphatic rings. The van der Waals surface area contributed by atoms with Crippen molar-refractivity contribution in [2.45, 2.75) is 6.18 Å². The second-order valence-corrected chi connectivity index (χ2v) is 4.40. The SMILES string of the molecule is FC(F)(F)c1ccnc(Oc2ccc(Cl)cc2Cl)c1. The molecule has 0 aliphatic heterocycles. The van der Waals surface area contributed by atoms with E-state index in [0.717, 1.165) is 18.3 Å². The molecular weight excluding hydrogens is 302 g/mol. The average molecular weight is 308 g/mol. The lowest BCUT2D eigenvalue weighted by atomic mass is 10.2. The van der Waals surface area contributed by atoms with Crippen molar-refractivity contribution < 1.29 is 17.9 Å². The molecule has 0 aliphatic carbocycles. The lowest BCUT2D eigenvalue weighted by Crippen LogP contribution is -2.05. The first-order chi connectivity index (χ1) is 8.86. The molecule has 0 amide bonds. The van der Waals surface area contributed by atoms with Gasteiger partial charge in [0.2, 0.25) is 5.88 Å².